The zero-order chi connectivity index (χ0) is 18.9. The van der Waals surface area contributed by atoms with Gasteiger partial charge in [-0.15, -0.1) is 0 Å². The minimum Gasteiger partial charge on any atom is -0.497 e. The maximum atomic E-state index is 11.8. The number of aromatic nitrogens is 2. The third-order valence-corrected chi connectivity index (χ3v) is 4.71. The average Bonchev–Trinajstić information content (AvgIpc) is 3.19. The van der Waals surface area contributed by atoms with Crippen LogP contribution in [0.15, 0.2) is 72.0 Å². The van der Waals surface area contributed by atoms with Crippen LogP contribution in [-0.4, -0.2) is 35.3 Å². The van der Waals surface area contributed by atoms with Gasteiger partial charge in [-0.1, -0.05) is 42.1 Å². The molecule has 0 aliphatic carbocycles. The maximum absolute atomic E-state index is 11.8. The second-order valence-electron chi connectivity index (χ2n) is 5.71. The first-order valence-electron chi connectivity index (χ1n) is 8.58. The molecule has 0 bridgehead atoms. The van der Waals surface area contributed by atoms with Crippen molar-refractivity contribution in [1.29, 1.82) is 0 Å². The van der Waals surface area contributed by atoms with Crippen molar-refractivity contribution in [3.05, 3.63) is 72.4 Å². The van der Waals surface area contributed by atoms with E-state index in [9.17, 15) is 4.79 Å². The SMILES string of the molecule is COc1ccc(-c2cnc(SCCNC(=O)C=Cc3ccccc3)[nH]2)cc1. The highest BCUT2D eigenvalue weighted by molar-refractivity contribution is 7.99. The van der Waals surface area contributed by atoms with Crippen molar-refractivity contribution < 1.29 is 9.53 Å². The zero-order valence-electron chi connectivity index (χ0n) is 15.0. The number of imidazole rings is 1. The number of nitrogens with zero attached hydrogens (tertiary/aromatic N) is 1. The summed E-state index contributed by atoms with van der Waals surface area (Å²) in [6.45, 7) is 0.571. The number of carbonyl (C=O) groups is 1. The lowest BCUT2D eigenvalue weighted by Crippen LogP contribution is -2.23. The molecular weight excluding hydrogens is 358 g/mol. The van der Waals surface area contributed by atoms with E-state index >= 15 is 0 Å². The second kappa shape index (κ2) is 9.64. The van der Waals surface area contributed by atoms with Gasteiger partial charge in [-0.3, -0.25) is 4.79 Å². The van der Waals surface area contributed by atoms with Crippen molar-refractivity contribution in [2.75, 3.05) is 19.4 Å². The van der Waals surface area contributed by atoms with Crippen molar-refractivity contribution in [3.63, 3.8) is 0 Å². The first-order chi connectivity index (χ1) is 13.2. The van der Waals surface area contributed by atoms with E-state index in [4.69, 9.17) is 4.74 Å². The number of aromatic amines is 1. The quantitative estimate of drug-likeness (QED) is 0.353. The number of carbonyl (C=O) groups excluding carboxylic acids is 1. The number of rotatable bonds is 8. The van der Waals surface area contributed by atoms with Gasteiger partial charge in [-0.2, -0.15) is 0 Å². The number of nitrogens with one attached hydrogen (secondary N) is 2. The molecule has 138 valence electrons. The summed E-state index contributed by atoms with van der Waals surface area (Å²) in [5.41, 5.74) is 3.01. The number of amides is 1. The molecule has 1 heterocycles. The fraction of sp³-hybridized carbons (Fsp3) is 0.143. The molecule has 1 amide bonds. The minimum atomic E-state index is -0.0992. The molecule has 0 aliphatic heterocycles. The number of hydrogen-bond donors (Lipinski definition) is 2. The van der Waals surface area contributed by atoms with Crippen LogP contribution >= 0.6 is 11.8 Å². The molecule has 0 saturated heterocycles. The number of methoxy groups -OCH3 is 1. The van der Waals surface area contributed by atoms with E-state index in [1.165, 1.54) is 0 Å². The third kappa shape index (κ3) is 5.76. The monoisotopic (exact) mass is 379 g/mol. The van der Waals surface area contributed by atoms with E-state index < -0.39 is 0 Å². The molecule has 0 saturated carbocycles. The van der Waals surface area contributed by atoms with E-state index in [0.717, 1.165) is 33.5 Å². The molecule has 3 rings (SSSR count). The molecule has 0 unspecified atom stereocenters. The smallest absolute Gasteiger partial charge is 0.244 e. The lowest BCUT2D eigenvalue weighted by Gasteiger charge is -2.02. The Kier molecular flexibility index (Phi) is 6.71. The van der Waals surface area contributed by atoms with Gasteiger partial charge in [0.15, 0.2) is 5.16 Å². The molecule has 3 aromatic rings. The van der Waals surface area contributed by atoms with Gasteiger partial charge in [0.2, 0.25) is 5.91 Å². The van der Waals surface area contributed by atoms with Crippen molar-refractivity contribution in [2.45, 2.75) is 5.16 Å². The molecule has 27 heavy (non-hydrogen) atoms. The Bertz CT molecular complexity index is 889. The number of thioether (sulfide) groups is 1. The van der Waals surface area contributed by atoms with E-state index in [1.807, 2.05) is 60.8 Å². The van der Waals surface area contributed by atoms with Gasteiger partial charge in [0, 0.05) is 18.4 Å². The standard InChI is InChI=1S/C21H21N3O2S/c1-26-18-10-8-17(9-11-18)19-15-23-21(24-19)27-14-13-22-20(25)12-7-16-5-3-2-4-6-16/h2-12,15H,13-14H2,1H3,(H,22,25)(H,23,24). The summed E-state index contributed by atoms with van der Waals surface area (Å²) in [6, 6.07) is 17.6. The summed E-state index contributed by atoms with van der Waals surface area (Å²) in [7, 11) is 1.65. The van der Waals surface area contributed by atoms with Crippen molar-refractivity contribution in [1.82, 2.24) is 15.3 Å². The fourth-order valence-electron chi connectivity index (χ4n) is 2.41. The molecule has 6 heteroatoms. The Labute approximate surface area is 162 Å². The van der Waals surface area contributed by atoms with Gasteiger partial charge in [0.25, 0.3) is 0 Å². The van der Waals surface area contributed by atoms with Crippen molar-refractivity contribution in [3.8, 4) is 17.0 Å². The van der Waals surface area contributed by atoms with E-state index in [0.29, 0.717) is 6.54 Å². The summed E-state index contributed by atoms with van der Waals surface area (Å²) in [5.74, 6) is 1.46. The molecule has 0 atom stereocenters. The van der Waals surface area contributed by atoms with Crippen LogP contribution in [0.1, 0.15) is 5.56 Å². The van der Waals surface area contributed by atoms with E-state index in [1.54, 1.807) is 31.0 Å². The number of H-pyrrole nitrogens is 1. The molecule has 0 spiro atoms. The summed E-state index contributed by atoms with van der Waals surface area (Å²) in [5, 5.41) is 3.70. The molecule has 2 N–H and O–H groups in total. The Hall–Kier alpha value is -2.99. The topological polar surface area (TPSA) is 67.0 Å². The summed E-state index contributed by atoms with van der Waals surface area (Å²) >= 11 is 1.57. The number of ether oxygens (including phenoxy) is 1. The van der Waals surface area contributed by atoms with Crippen molar-refractivity contribution >= 4 is 23.7 Å². The average molecular weight is 379 g/mol. The van der Waals surface area contributed by atoms with E-state index in [-0.39, 0.29) is 5.91 Å². The van der Waals surface area contributed by atoms with E-state index in [2.05, 4.69) is 15.3 Å². The molecular formula is C21H21N3O2S. The lowest BCUT2D eigenvalue weighted by molar-refractivity contribution is -0.116. The van der Waals surface area contributed by atoms with Crippen LogP contribution in [0.3, 0.4) is 0 Å². The van der Waals surface area contributed by atoms with Gasteiger partial charge < -0.3 is 15.0 Å². The van der Waals surface area contributed by atoms with Crippen LogP contribution in [0.5, 0.6) is 5.75 Å². The van der Waals surface area contributed by atoms with Crippen LogP contribution in [0.4, 0.5) is 0 Å². The molecule has 0 fully saturated rings. The molecule has 5 nitrogen and oxygen atoms in total. The number of benzene rings is 2. The van der Waals surface area contributed by atoms with Crippen LogP contribution in [0, 0.1) is 0 Å². The van der Waals surface area contributed by atoms with Gasteiger partial charge in [-0.25, -0.2) is 4.98 Å². The third-order valence-electron chi connectivity index (χ3n) is 3.82. The molecule has 2 aromatic carbocycles. The van der Waals surface area contributed by atoms with Gasteiger partial charge in [0.05, 0.1) is 19.0 Å². The van der Waals surface area contributed by atoms with Crippen LogP contribution in [-0.2, 0) is 4.79 Å². The summed E-state index contributed by atoms with van der Waals surface area (Å²) < 4.78 is 5.17. The van der Waals surface area contributed by atoms with Crippen LogP contribution < -0.4 is 10.1 Å². The highest BCUT2D eigenvalue weighted by Crippen LogP contribution is 2.23. The van der Waals surface area contributed by atoms with Crippen molar-refractivity contribution in [2.24, 2.45) is 0 Å². The van der Waals surface area contributed by atoms with Gasteiger partial charge in [0.1, 0.15) is 5.75 Å². The van der Waals surface area contributed by atoms with Gasteiger partial charge >= 0.3 is 0 Å². The predicted molar refractivity (Wildman–Crippen MR) is 110 cm³/mol. The molecule has 1 aromatic heterocycles. The second-order valence-corrected chi connectivity index (χ2v) is 6.80. The van der Waals surface area contributed by atoms with Gasteiger partial charge in [-0.05, 0) is 41.5 Å². The lowest BCUT2D eigenvalue weighted by atomic mass is 10.2. The summed E-state index contributed by atoms with van der Waals surface area (Å²) in [4.78, 5) is 19.5. The fourth-order valence-corrected chi connectivity index (χ4v) is 3.12. The Morgan fingerprint density at radius 3 is 2.70 bits per heavy atom. The van der Waals surface area contributed by atoms with Crippen LogP contribution in [0.25, 0.3) is 17.3 Å². The normalized spacial score (nSPS) is 10.9. The largest absolute Gasteiger partial charge is 0.497 e. The first kappa shape index (κ1) is 18.8. The Balaban J connectivity index is 1.42. The highest BCUT2D eigenvalue weighted by Gasteiger charge is 2.04. The molecule has 0 aliphatic rings. The Morgan fingerprint density at radius 1 is 1.19 bits per heavy atom. The molecule has 0 radical (unpaired) electrons. The first-order valence-corrected chi connectivity index (χ1v) is 9.56. The summed E-state index contributed by atoms with van der Waals surface area (Å²) in [6.07, 6.45) is 5.16. The predicted octanol–water partition coefficient (Wildman–Crippen LogP) is 4.01. The highest BCUT2D eigenvalue weighted by atomic mass is 32.2. The van der Waals surface area contributed by atoms with Crippen LogP contribution in [0.2, 0.25) is 0 Å². The zero-order valence-corrected chi connectivity index (χ0v) is 15.8. The maximum Gasteiger partial charge on any atom is 0.244 e. The minimum absolute atomic E-state index is 0.0992. The Morgan fingerprint density at radius 2 is 1.96 bits per heavy atom. The number of hydrogen-bond acceptors (Lipinski definition) is 4.